The molecule has 1 aromatic rings. The van der Waals surface area contributed by atoms with E-state index in [-0.39, 0.29) is 6.04 Å². The summed E-state index contributed by atoms with van der Waals surface area (Å²) in [6, 6.07) is 2.07. The predicted octanol–water partition coefficient (Wildman–Crippen LogP) is 1.72. The molecular formula is C11H17N3. The van der Waals surface area contributed by atoms with E-state index in [9.17, 15) is 0 Å². The van der Waals surface area contributed by atoms with Crippen LogP contribution in [0.4, 0.5) is 5.82 Å². The van der Waals surface area contributed by atoms with Gasteiger partial charge in [-0.2, -0.15) is 0 Å². The maximum Gasteiger partial charge on any atom is 0.123 e. The van der Waals surface area contributed by atoms with E-state index in [0.29, 0.717) is 5.82 Å². The number of aromatic nitrogens is 1. The first kappa shape index (κ1) is 10.7. The molecule has 0 saturated heterocycles. The Balaban J connectivity index is 2.72. The summed E-state index contributed by atoms with van der Waals surface area (Å²) in [6.45, 7) is 4.00. The molecule has 0 fully saturated rings. The van der Waals surface area contributed by atoms with Crippen LogP contribution in [-0.2, 0) is 0 Å². The molecule has 0 amide bonds. The molecule has 0 radical (unpaired) electrons. The SMILES string of the molecule is Cc1cc(N)ncc1/C=C/C[C@H](C)N. The number of anilines is 1. The van der Waals surface area contributed by atoms with Crippen LogP contribution in [0, 0.1) is 6.92 Å². The summed E-state index contributed by atoms with van der Waals surface area (Å²) in [5.41, 5.74) is 13.4. The van der Waals surface area contributed by atoms with Crippen LogP contribution in [0.3, 0.4) is 0 Å². The van der Waals surface area contributed by atoms with Gasteiger partial charge in [0.1, 0.15) is 5.82 Å². The second-order valence-electron chi connectivity index (χ2n) is 3.58. The normalized spacial score (nSPS) is 13.4. The van der Waals surface area contributed by atoms with Crippen molar-refractivity contribution in [2.24, 2.45) is 5.73 Å². The molecular weight excluding hydrogens is 174 g/mol. The Bertz CT molecular complexity index is 329. The average Bonchev–Trinajstić information content (AvgIpc) is 2.08. The van der Waals surface area contributed by atoms with E-state index in [2.05, 4.69) is 11.1 Å². The standard InChI is InChI=1S/C11H17N3/c1-8-6-11(13)14-7-10(8)5-3-4-9(2)12/h3,5-7,9H,4,12H2,1-2H3,(H2,13,14)/b5-3+/t9-/m0/s1. The monoisotopic (exact) mass is 191 g/mol. The second kappa shape index (κ2) is 4.77. The van der Waals surface area contributed by atoms with Gasteiger partial charge in [-0.05, 0) is 37.5 Å². The Labute approximate surface area is 84.8 Å². The minimum Gasteiger partial charge on any atom is -0.384 e. The zero-order valence-corrected chi connectivity index (χ0v) is 8.70. The number of hydrogen-bond donors (Lipinski definition) is 2. The smallest absolute Gasteiger partial charge is 0.123 e. The Hall–Kier alpha value is -1.35. The summed E-state index contributed by atoms with van der Waals surface area (Å²) >= 11 is 0. The van der Waals surface area contributed by atoms with Gasteiger partial charge < -0.3 is 11.5 Å². The lowest BCUT2D eigenvalue weighted by molar-refractivity contribution is 0.759. The van der Waals surface area contributed by atoms with Crippen molar-refractivity contribution >= 4 is 11.9 Å². The lowest BCUT2D eigenvalue weighted by atomic mass is 10.1. The van der Waals surface area contributed by atoms with Gasteiger partial charge in [0, 0.05) is 12.2 Å². The van der Waals surface area contributed by atoms with Crippen molar-refractivity contribution in [3.63, 3.8) is 0 Å². The quantitative estimate of drug-likeness (QED) is 0.764. The van der Waals surface area contributed by atoms with Crippen LogP contribution in [0.15, 0.2) is 18.3 Å². The summed E-state index contributed by atoms with van der Waals surface area (Å²) in [5.74, 6) is 0.562. The summed E-state index contributed by atoms with van der Waals surface area (Å²) in [6.07, 6.45) is 6.75. The van der Waals surface area contributed by atoms with Crippen LogP contribution in [-0.4, -0.2) is 11.0 Å². The van der Waals surface area contributed by atoms with E-state index in [0.717, 1.165) is 17.5 Å². The molecule has 14 heavy (non-hydrogen) atoms. The number of nitrogen functional groups attached to an aromatic ring is 1. The van der Waals surface area contributed by atoms with E-state index < -0.39 is 0 Å². The molecule has 0 spiro atoms. The third kappa shape index (κ3) is 3.18. The Morgan fingerprint density at radius 3 is 2.86 bits per heavy atom. The highest BCUT2D eigenvalue weighted by Gasteiger charge is 1.95. The molecule has 0 bridgehead atoms. The average molecular weight is 191 g/mol. The van der Waals surface area contributed by atoms with Gasteiger partial charge >= 0.3 is 0 Å². The first-order chi connectivity index (χ1) is 6.59. The first-order valence-electron chi connectivity index (χ1n) is 4.74. The van der Waals surface area contributed by atoms with E-state index in [4.69, 9.17) is 11.5 Å². The molecule has 1 rings (SSSR count). The van der Waals surface area contributed by atoms with Crippen molar-refractivity contribution < 1.29 is 0 Å². The van der Waals surface area contributed by atoms with Crippen LogP contribution in [0.1, 0.15) is 24.5 Å². The highest BCUT2D eigenvalue weighted by atomic mass is 14.8. The van der Waals surface area contributed by atoms with Gasteiger partial charge in [-0.1, -0.05) is 12.2 Å². The molecule has 1 heterocycles. The van der Waals surface area contributed by atoms with E-state index in [1.165, 1.54) is 0 Å². The molecule has 0 aromatic carbocycles. The predicted molar refractivity (Wildman–Crippen MR) is 60.7 cm³/mol. The number of aryl methyl sites for hydroxylation is 1. The maximum absolute atomic E-state index is 5.63. The Kier molecular flexibility index (Phi) is 3.65. The Morgan fingerprint density at radius 2 is 2.29 bits per heavy atom. The van der Waals surface area contributed by atoms with Crippen LogP contribution >= 0.6 is 0 Å². The summed E-state index contributed by atoms with van der Waals surface area (Å²) in [4.78, 5) is 4.03. The van der Waals surface area contributed by atoms with Crippen LogP contribution < -0.4 is 11.5 Å². The lowest BCUT2D eigenvalue weighted by Gasteiger charge is -2.01. The molecule has 4 N–H and O–H groups in total. The zero-order chi connectivity index (χ0) is 10.6. The van der Waals surface area contributed by atoms with Crippen LogP contribution in [0.2, 0.25) is 0 Å². The molecule has 0 aliphatic rings. The third-order valence-corrected chi connectivity index (χ3v) is 1.98. The van der Waals surface area contributed by atoms with E-state index in [1.54, 1.807) is 6.20 Å². The van der Waals surface area contributed by atoms with Gasteiger partial charge in [0.05, 0.1) is 0 Å². The van der Waals surface area contributed by atoms with E-state index in [1.807, 2.05) is 26.0 Å². The molecule has 0 saturated carbocycles. The van der Waals surface area contributed by atoms with Crippen molar-refractivity contribution in [3.8, 4) is 0 Å². The molecule has 1 atom stereocenters. The molecule has 0 unspecified atom stereocenters. The number of rotatable bonds is 3. The lowest BCUT2D eigenvalue weighted by Crippen LogP contribution is -2.12. The van der Waals surface area contributed by atoms with Gasteiger partial charge in [0.25, 0.3) is 0 Å². The molecule has 76 valence electrons. The number of nitrogens with two attached hydrogens (primary N) is 2. The highest BCUT2D eigenvalue weighted by Crippen LogP contribution is 2.11. The number of pyridine rings is 1. The number of hydrogen-bond acceptors (Lipinski definition) is 3. The molecule has 0 aliphatic carbocycles. The fourth-order valence-corrected chi connectivity index (χ4v) is 1.17. The fraction of sp³-hybridized carbons (Fsp3) is 0.364. The molecule has 1 aromatic heterocycles. The maximum atomic E-state index is 5.63. The van der Waals surface area contributed by atoms with Crippen molar-refractivity contribution in [1.29, 1.82) is 0 Å². The van der Waals surface area contributed by atoms with Crippen molar-refractivity contribution in [2.45, 2.75) is 26.3 Å². The van der Waals surface area contributed by atoms with Crippen molar-refractivity contribution in [3.05, 3.63) is 29.5 Å². The molecule has 3 nitrogen and oxygen atoms in total. The minimum absolute atomic E-state index is 0.202. The molecule has 0 aliphatic heterocycles. The van der Waals surface area contributed by atoms with Crippen molar-refractivity contribution in [1.82, 2.24) is 4.98 Å². The molecule has 3 heteroatoms. The first-order valence-corrected chi connectivity index (χ1v) is 4.74. The fourth-order valence-electron chi connectivity index (χ4n) is 1.17. The highest BCUT2D eigenvalue weighted by molar-refractivity contribution is 5.54. The van der Waals surface area contributed by atoms with E-state index >= 15 is 0 Å². The zero-order valence-electron chi connectivity index (χ0n) is 8.70. The second-order valence-corrected chi connectivity index (χ2v) is 3.58. The van der Waals surface area contributed by atoms with Gasteiger partial charge in [0.2, 0.25) is 0 Å². The topological polar surface area (TPSA) is 64.9 Å². The van der Waals surface area contributed by atoms with Crippen LogP contribution in [0.5, 0.6) is 0 Å². The van der Waals surface area contributed by atoms with Gasteiger partial charge in [-0.25, -0.2) is 4.98 Å². The third-order valence-electron chi connectivity index (χ3n) is 1.98. The summed E-state index contributed by atoms with van der Waals surface area (Å²) in [7, 11) is 0. The van der Waals surface area contributed by atoms with Gasteiger partial charge in [0.15, 0.2) is 0 Å². The number of nitrogens with zero attached hydrogens (tertiary/aromatic N) is 1. The summed E-state index contributed by atoms with van der Waals surface area (Å²) in [5, 5.41) is 0. The Morgan fingerprint density at radius 1 is 1.57 bits per heavy atom. The van der Waals surface area contributed by atoms with Gasteiger partial charge in [-0.3, -0.25) is 0 Å². The van der Waals surface area contributed by atoms with Crippen LogP contribution in [0.25, 0.3) is 6.08 Å². The minimum atomic E-state index is 0.202. The summed E-state index contributed by atoms with van der Waals surface area (Å²) < 4.78 is 0. The van der Waals surface area contributed by atoms with Crippen molar-refractivity contribution in [2.75, 3.05) is 5.73 Å². The van der Waals surface area contributed by atoms with Gasteiger partial charge in [-0.15, -0.1) is 0 Å². The largest absolute Gasteiger partial charge is 0.384 e.